The van der Waals surface area contributed by atoms with E-state index in [9.17, 15) is 38.2 Å². The van der Waals surface area contributed by atoms with E-state index in [1.807, 2.05) is 0 Å². The quantitative estimate of drug-likeness (QED) is 0.261. The maximum Gasteiger partial charge on any atom is 0.270 e. The van der Waals surface area contributed by atoms with Crippen molar-refractivity contribution in [3.63, 3.8) is 0 Å². The van der Waals surface area contributed by atoms with E-state index in [0.717, 1.165) is 18.2 Å². The van der Waals surface area contributed by atoms with Crippen LogP contribution < -0.4 is 15.4 Å². The lowest BCUT2D eigenvalue weighted by Crippen LogP contribution is -2.40. The molecule has 0 saturated carbocycles. The molecular formula is C17H17N5O8S. The van der Waals surface area contributed by atoms with Crippen LogP contribution in [0.3, 0.4) is 0 Å². The molecule has 0 saturated heterocycles. The Morgan fingerprint density at radius 1 is 0.871 bits per heavy atom. The summed E-state index contributed by atoms with van der Waals surface area (Å²) >= 11 is 0. The van der Waals surface area contributed by atoms with Gasteiger partial charge in [0.05, 0.1) is 21.3 Å². The Balaban J connectivity index is 1.78. The molecule has 0 aliphatic carbocycles. The van der Waals surface area contributed by atoms with Crippen LogP contribution in [0.4, 0.5) is 11.4 Å². The highest BCUT2D eigenvalue weighted by Gasteiger charge is 2.17. The normalized spacial score (nSPS) is 10.8. The minimum Gasteiger partial charge on any atom is -0.353 e. The van der Waals surface area contributed by atoms with Crippen molar-refractivity contribution in [1.82, 2.24) is 15.4 Å². The zero-order valence-electron chi connectivity index (χ0n) is 15.8. The molecule has 2 aromatic rings. The third-order valence-corrected chi connectivity index (χ3v) is 5.27. The van der Waals surface area contributed by atoms with Gasteiger partial charge in [-0.2, -0.15) is 0 Å². The van der Waals surface area contributed by atoms with E-state index in [4.69, 9.17) is 0 Å². The number of carbonyl (C=O) groups is 2. The van der Waals surface area contributed by atoms with Crippen LogP contribution in [-0.2, 0) is 14.8 Å². The Labute approximate surface area is 175 Å². The van der Waals surface area contributed by atoms with Gasteiger partial charge in [0.2, 0.25) is 15.9 Å². The predicted octanol–water partition coefficient (Wildman–Crippen LogP) is 0.328. The molecule has 0 radical (unpaired) electrons. The summed E-state index contributed by atoms with van der Waals surface area (Å²) in [7, 11) is -4.02. The number of rotatable bonds is 10. The van der Waals surface area contributed by atoms with E-state index in [1.165, 1.54) is 30.3 Å². The number of nitrogens with one attached hydrogen (secondary N) is 3. The SMILES string of the molecule is O=C(CNC(=O)c1cccc([N+](=O)[O-])c1)NCCNS(=O)(=O)c1cccc([N+](=O)[O-])c1. The van der Waals surface area contributed by atoms with Crippen LogP contribution >= 0.6 is 0 Å². The Morgan fingerprint density at radius 2 is 1.48 bits per heavy atom. The Bertz CT molecular complexity index is 1120. The van der Waals surface area contributed by atoms with Gasteiger partial charge in [-0.1, -0.05) is 12.1 Å². The molecule has 0 atom stereocenters. The van der Waals surface area contributed by atoms with E-state index in [0.29, 0.717) is 0 Å². The molecule has 0 heterocycles. The maximum atomic E-state index is 12.1. The minimum absolute atomic E-state index is 0.00622. The summed E-state index contributed by atoms with van der Waals surface area (Å²) in [5, 5.41) is 26.1. The summed E-state index contributed by atoms with van der Waals surface area (Å²) in [5.74, 6) is -1.31. The molecule has 0 aliphatic heterocycles. The van der Waals surface area contributed by atoms with Gasteiger partial charge in [-0.15, -0.1) is 0 Å². The minimum atomic E-state index is -4.02. The molecule has 2 aromatic carbocycles. The summed E-state index contributed by atoms with van der Waals surface area (Å²) in [6.07, 6.45) is 0. The Hall–Kier alpha value is -3.91. The zero-order chi connectivity index (χ0) is 23.0. The monoisotopic (exact) mass is 451 g/mol. The van der Waals surface area contributed by atoms with Crippen molar-refractivity contribution in [1.29, 1.82) is 0 Å². The van der Waals surface area contributed by atoms with E-state index in [-0.39, 0.29) is 34.9 Å². The summed E-state index contributed by atoms with van der Waals surface area (Å²) < 4.78 is 26.5. The third kappa shape index (κ3) is 6.83. The first-order valence-electron chi connectivity index (χ1n) is 8.63. The number of hydrogen-bond donors (Lipinski definition) is 3. The number of benzene rings is 2. The molecule has 2 amide bonds. The van der Waals surface area contributed by atoms with Gasteiger partial charge in [0, 0.05) is 42.9 Å². The van der Waals surface area contributed by atoms with E-state index < -0.39 is 38.2 Å². The van der Waals surface area contributed by atoms with Crippen molar-refractivity contribution in [2.45, 2.75) is 4.90 Å². The molecule has 31 heavy (non-hydrogen) atoms. The second-order valence-electron chi connectivity index (χ2n) is 5.99. The molecule has 13 nitrogen and oxygen atoms in total. The number of nitro groups is 2. The Kier molecular flexibility index (Phi) is 7.70. The van der Waals surface area contributed by atoms with Crippen LogP contribution in [0.25, 0.3) is 0 Å². The van der Waals surface area contributed by atoms with Crippen molar-refractivity contribution < 1.29 is 27.9 Å². The summed E-state index contributed by atoms with van der Waals surface area (Å²) in [6.45, 7) is -0.742. The van der Waals surface area contributed by atoms with Gasteiger partial charge in [0.15, 0.2) is 0 Å². The number of nitrogens with zero attached hydrogens (tertiary/aromatic N) is 2. The summed E-state index contributed by atoms with van der Waals surface area (Å²) in [5.41, 5.74) is -0.643. The van der Waals surface area contributed by atoms with Gasteiger partial charge in [-0.25, -0.2) is 13.1 Å². The highest BCUT2D eigenvalue weighted by atomic mass is 32.2. The van der Waals surface area contributed by atoms with Crippen molar-refractivity contribution in [2.24, 2.45) is 0 Å². The highest BCUT2D eigenvalue weighted by Crippen LogP contribution is 2.17. The lowest BCUT2D eigenvalue weighted by molar-refractivity contribution is -0.385. The number of hydrogen-bond acceptors (Lipinski definition) is 8. The van der Waals surface area contributed by atoms with E-state index in [1.54, 1.807) is 0 Å². The molecule has 14 heteroatoms. The molecule has 0 unspecified atom stereocenters. The second-order valence-corrected chi connectivity index (χ2v) is 7.76. The van der Waals surface area contributed by atoms with Crippen LogP contribution in [0.1, 0.15) is 10.4 Å². The maximum absolute atomic E-state index is 12.1. The molecule has 164 valence electrons. The second kappa shape index (κ2) is 10.2. The van der Waals surface area contributed by atoms with Crippen LogP contribution in [0, 0.1) is 20.2 Å². The van der Waals surface area contributed by atoms with Crippen molar-refractivity contribution >= 4 is 33.2 Å². The standard InChI is InChI=1S/C17H17N5O8S/c23-16(11-19-17(24)12-3-1-4-13(9-12)21(25)26)18-7-8-20-31(29,30)15-6-2-5-14(10-15)22(27)28/h1-6,9-10,20H,7-8,11H2,(H,18,23)(H,19,24). The molecule has 0 fully saturated rings. The lowest BCUT2D eigenvalue weighted by atomic mass is 10.2. The third-order valence-electron chi connectivity index (χ3n) is 3.81. The van der Waals surface area contributed by atoms with E-state index >= 15 is 0 Å². The predicted molar refractivity (Wildman–Crippen MR) is 107 cm³/mol. The van der Waals surface area contributed by atoms with Crippen LogP contribution in [-0.4, -0.2) is 49.7 Å². The number of amides is 2. The Morgan fingerprint density at radius 3 is 2.13 bits per heavy atom. The molecule has 0 spiro atoms. The fourth-order valence-corrected chi connectivity index (χ4v) is 3.39. The number of sulfonamides is 1. The lowest BCUT2D eigenvalue weighted by Gasteiger charge is -2.09. The first kappa shape index (κ1) is 23.4. The van der Waals surface area contributed by atoms with Crippen molar-refractivity contribution in [2.75, 3.05) is 19.6 Å². The van der Waals surface area contributed by atoms with Crippen LogP contribution in [0.2, 0.25) is 0 Å². The average molecular weight is 451 g/mol. The molecule has 0 aromatic heterocycles. The van der Waals surface area contributed by atoms with Gasteiger partial charge in [-0.05, 0) is 12.1 Å². The van der Waals surface area contributed by atoms with Gasteiger partial charge in [0.25, 0.3) is 17.3 Å². The average Bonchev–Trinajstić information content (AvgIpc) is 2.75. The zero-order valence-corrected chi connectivity index (χ0v) is 16.6. The first-order chi connectivity index (χ1) is 14.6. The van der Waals surface area contributed by atoms with Crippen LogP contribution in [0.15, 0.2) is 53.4 Å². The largest absolute Gasteiger partial charge is 0.353 e. The van der Waals surface area contributed by atoms with Gasteiger partial charge < -0.3 is 10.6 Å². The number of non-ortho nitro benzene ring substituents is 2. The topological polar surface area (TPSA) is 191 Å². The first-order valence-corrected chi connectivity index (χ1v) is 10.1. The fourth-order valence-electron chi connectivity index (χ4n) is 2.32. The summed E-state index contributed by atoms with van der Waals surface area (Å²) in [6, 6.07) is 9.46. The number of carbonyl (C=O) groups excluding carboxylic acids is 2. The highest BCUT2D eigenvalue weighted by molar-refractivity contribution is 7.89. The fraction of sp³-hybridized carbons (Fsp3) is 0.176. The van der Waals surface area contributed by atoms with Crippen molar-refractivity contribution in [3.8, 4) is 0 Å². The number of nitro benzene ring substituents is 2. The van der Waals surface area contributed by atoms with Crippen LogP contribution in [0.5, 0.6) is 0 Å². The molecule has 0 aliphatic rings. The smallest absolute Gasteiger partial charge is 0.270 e. The van der Waals surface area contributed by atoms with Gasteiger partial charge in [0.1, 0.15) is 0 Å². The molecule has 2 rings (SSSR count). The summed E-state index contributed by atoms with van der Waals surface area (Å²) in [4.78, 5) is 43.5. The van der Waals surface area contributed by atoms with Gasteiger partial charge >= 0.3 is 0 Å². The molecule has 0 bridgehead atoms. The van der Waals surface area contributed by atoms with Crippen molar-refractivity contribution in [3.05, 3.63) is 74.3 Å². The molecule has 3 N–H and O–H groups in total. The molecular weight excluding hydrogens is 434 g/mol. The van der Waals surface area contributed by atoms with E-state index in [2.05, 4.69) is 15.4 Å². The van der Waals surface area contributed by atoms with Gasteiger partial charge in [-0.3, -0.25) is 29.8 Å².